The lowest BCUT2D eigenvalue weighted by Gasteiger charge is -2.21. The summed E-state index contributed by atoms with van der Waals surface area (Å²) in [5, 5.41) is 30.2. The topological polar surface area (TPSA) is 96.6 Å². The van der Waals surface area contributed by atoms with Crippen LogP contribution in [0.15, 0.2) is 30.0 Å². The van der Waals surface area contributed by atoms with Crippen LogP contribution in [0.3, 0.4) is 0 Å². The highest BCUT2D eigenvalue weighted by Gasteiger charge is 2.17. The van der Waals surface area contributed by atoms with Crippen LogP contribution in [0.4, 0.5) is 0 Å². The molecule has 0 radical (unpaired) electrons. The average molecular weight is 357 g/mol. The van der Waals surface area contributed by atoms with Crippen LogP contribution in [0.1, 0.15) is 42.5 Å². The van der Waals surface area contributed by atoms with E-state index in [0.717, 1.165) is 18.4 Å². The van der Waals surface area contributed by atoms with E-state index in [-0.39, 0.29) is 37.9 Å². The highest BCUT2D eigenvalue weighted by Crippen LogP contribution is 2.24. The number of nitrogens with one attached hydrogen (secondary N) is 1. The number of aliphatic hydroxyl groups is 2. The minimum atomic E-state index is -0.460. The van der Waals surface area contributed by atoms with Gasteiger partial charge >= 0.3 is 0 Å². The van der Waals surface area contributed by atoms with E-state index in [1.165, 1.54) is 30.2 Å². The first-order valence-electron chi connectivity index (χ1n) is 9.09. The number of hydrogen-bond donors (Lipinski definition) is 3. The quantitative estimate of drug-likeness (QED) is 0.483. The molecule has 1 aliphatic carbocycles. The summed E-state index contributed by atoms with van der Waals surface area (Å²) in [5.74, 6) is -0.460. The molecule has 0 heterocycles. The number of carbonyl (C=O) groups excluding carboxylic acids is 1. The van der Waals surface area contributed by atoms with Crippen LogP contribution in [0.25, 0.3) is 0 Å². The molecule has 1 aromatic carbocycles. The second-order valence-corrected chi connectivity index (χ2v) is 6.57. The largest absolute Gasteiger partial charge is 0.395 e. The van der Waals surface area contributed by atoms with Crippen LogP contribution in [0.5, 0.6) is 0 Å². The number of benzene rings is 1. The second kappa shape index (κ2) is 9.95. The fraction of sp³-hybridized carbons (Fsp3) is 0.500. The number of hydrogen-bond acceptors (Lipinski definition) is 5. The van der Waals surface area contributed by atoms with Crippen molar-refractivity contribution in [3.05, 3.63) is 46.7 Å². The first-order valence-corrected chi connectivity index (χ1v) is 9.09. The summed E-state index contributed by atoms with van der Waals surface area (Å²) in [6.07, 6.45) is 6.01. The molecule has 0 saturated heterocycles. The summed E-state index contributed by atoms with van der Waals surface area (Å²) in [6.45, 7) is 2.15. The molecular formula is C20H27N3O3. The monoisotopic (exact) mass is 357 g/mol. The molecule has 1 aromatic rings. The molecule has 1 aliphatic rings. The van der Waals surface area contributed by atoms with Crippen LogP contribution in [0.2, 0.25) is 0 Å². The molecule has 140 valence electrons. The van der Waals surface area contributed by atoms with Gasteiger partial charge in [0.1, 0.15) is 11.6 Å². The SMILES string of the molecule is CC(NC(=O)/C(C#N)=C\N(CCO)CCO)c1ccc2c(c1)CCCC2. The molecule has 3 N–H and O–H groups in total. The Morgan fingerprint density at radius 3 is 2.54 bits per heavy atom. The Bertz CT molecular complexity index is 688. The lowest BCUT2D eigenvalue weighted by molar-refractivity contribution is -0.117. The van der Waals surface area contributed by atoms with Crippen molar-refractivity contribution >= 4 is 5.91 Å². The minimum Gasteiger partial charge on any atom is -0.395 e. The molecule has 1 atom stereocenters. The van der Waals surface area contributed by atoms with E-state index in [2.05, 4.69) is 17.4 Å². The highest BCUT2D eigenvalue weighted by atomic mass is 16.3. The van der Waals surface area contributed by atoms with Crippen LogP contribution >= 0.6 is 0 Å². The maximum Gasteiger partial charge on any atom is 0.263 e. The van der Waals surface area contributed by atoms with E-state index < -0.39 is 5.91 Å². The van der Waals surface area contributed by atoms with Crippen molar-refractivity contribution < 1.29 is 15.0 Å². The van der Waals surface area contributed by atoms with E-state index in [1.807, 2.05) is 19.1 Å². The van der Waals surface area contributed by atoms with Crippen molar-refractivity contribution in [2.75, 3.05) is 26.3 Å². The molecule has 0 aliphatic heterocycles. The van der Waals surface area contributed by atoms with E-state index in [4.69, 9.17) is 10.2 Å². The summed E-state index contributed by atoms with van der Waals surface area (Å²) in [6, 6.07) is 8.01. The molecule has 26 heavy (non-hydrogen) atoms. The van der Waals surface area contributed by atoms with Gasteiger partial charge in [0.15, 0.2) is 0 Å². The molecule has 1 amide bonds. The molecule has 6 nitrogen and oxygen atoms in total. The van der Waals surface area contributed by atoms with E-state index in [0.29, 0.717) is 0 Å². The Hall–Kier alpha value is -2.36. The zero-order chi connectivity index (χ0) is 18.9. The standard InChI is InChI=1S/C20H27N3O3/c1-15(17-7-6-16-4-2-3-5-18(16)12-17)22-20(26)19(13-21)14-23(8-10-24)9-11-25/h6-7,12,14-15,24-25H,2-5,8-11H2,1H3,(H,22,26)/b19-14-. The van der Waals surface area contributed by atoms with Gasteiger partial charge in [0.25, 0.3) is 5.91 Å². The Labute approximate surface area is 154 Å². The number of nitriles is 1. The lowest BCUT2D eigenvalue weighted by Crippen LogP contribution is -2.31. The number of fused-ring (bicyclic) bond motifs is 1. The first kappa shape index (κ1) is 20.0. The highest BCUT2D eigenvalue weighted by molar-refractivity contribution is 5.97. The van der Waals surface area contributed by atoms with Crippen LogP contribution in [-0.2, 0) is 17.6 Å². The molecular weight excluding hydrogens is 330 g/mol. The maximum atomic E-state index is 12.4. The number of carbonyl (C=O) groups is 1. The van der Waals surface area contributed by atoms with E-state index in [9.17, 15) is 10.1 Å². The average Bonchev–Trinajstić information content (AvgIpc) is 2.65. The third-order valence-electron chi connectivity index (χ3n) is 4.67. The molecule has 0 saturated carbocycles. The van der Waals surface area contributed by atoms with Gasteiger partial charge in [0.05, 0.1) is 19.3 Å². The molecule has 0 spiro atoms. The number of rotatable bonds is 8. The van der Waals surface area contributed by atoms with Gasteiger partial charge in [-0.25, -0.2) is 0 Å². The Balaban J connectivity index is 2.07. The van der Waals surface area contributed by atoms with Gasteiger partial charge in [-0.1, -0.05) is 18.2 Å². The van der Waals surface area contributed by atoms with Gasteiger partial charge in [0, 0.05) is 19.3 Å². The smallest absolute Gasteiger partial charge is 0.263 e. The third kappa shape index (κ3) is 5.32. The fourth-order valence-electron chi connectivity index (χ4n) is 3.20. The van der Waals surface area contributed by atoms with Crippen molar-refractivity contribution in [3.63, 3.8) is 0 Å². The normalized spacial score (nSPS) is 14.9. The molecule has 0 aromatic heterocycles. The van der Waals surface area contributed by atoms with Gasteiger partial charge in [-0.2, -0.15) is 5.26 Å². The van der Waals surface area contributed by atoms with Crippen LogP contribution < -0.4 is 5.32 Å². The van der Waals surface area contributed by atoms with E-state index in [1.54, 1.807) is 4.90 Å². The predicted octanol–water partition coefficient (Wildman–Crippen LogP) is 1.44. The zero-order valence-electron chi connectivity index (χ0n) is 15.2. The minimum absolute atomic E-state index is 0.0447. The summed E-state index contributed by atoms with van der Waals surface area (Å²) in [4.78, 5) is 14.0. The van der Waals surface area contributed by atoms with Gasteiger partial charge in [-0.3, -0.25) is 4.79 Å². The van der Waals surface area contributed by atoms with Crippen LogP contribution in [-0.4, -0.2) is 47.3 Å². The first-order chi connectivity index (χ1) is 12.6. The van der Waals surface area contributed by atoms with Gasteiger partial charge < -0.3 is 20.4 Å². The Morgan fingerprint density at radius 1 is 1.27 bits per heavy atom. The number of amides is 1. The maximum absolute atomic E-state index is 12.4. The molecule has 0 bridgehead atoms. The molecule has 6 heteroatoms. The van der Waals surface area contributed by atoms with Crippen molar-refractivity contribution in [3.8, 4) is 6.07 Å². The fourth-order valence-corrected chi connectivity index (χ4v) is 3.20. The van der Waals surface area contributed by atoms with Crippen LogP contribution in [0, 0.1) is 11.3 Å². The number of aliphatic hydroxyl groups excluding tert-OH is 2. The summed E-state index contributed by atoms with van der Waals surface area (Å²) >= 11 is 0. The summed E-state index contributed by atoms with van der Waals surface area (Å²) in [7, 11) is 0. The molecule has 1 unspecified atom stereocenters. The molecule has 0 fully saturated rings. The van der Waals surface area contributed by atoms with E-state index >= 15 is 0 Å². The number of aryl methyl sites for hydroxylation is 2. The van der Waals surface area contributed by atoms with Crippen molar-refractivity contribution in [1.82, 2.24) is 10.2 Å². The summed E-state index contributed by atoms with van der Waals surface area (Å²) in [5.41, 5.74) is 3.72. The predicted molar refractivity (Wildman–Crippen MR) is 99.1 cm³/mol. The van der Waals surface area contributed by atoms with Gasteiger partial charge in [0.2, 0.25) is 0 Å². The zero-order valence-corrected chi connectivity index (χ0v) is 15.2. The number of nitrogens with zero attached hydrogens (tertiary/aromatic N) is 2. The Kier molecular flexibility index (Phi) is 7.64. The van der Waals surface area contributed by atoms with Gasteiger partial charge in [-0.05, 0) is 49.3 Å². The third-order valence-corrected chi connectivity index (χ3v) is 4.67. The summed E-state index contributed by atoms with van der Waals surface area (Å²) < 4.78 is 0. The van der Waals surface area contributed by atoms with Gasteiger partial charge in [-0.15, -0.1) is 0 Å². The van der Waals surface area contributed by atoms with Crippen molar-refractivity contribution in [2.45, 2.75) is 38.6 Å². The second-order valence-electron chi connectivity index (χ2n) is 6.57. The molecule has 2 rings (SSSR count). The van der Waals surface area contributed by atoms with Crippen molar-refractivity contribution in [2.24, 2.45) is 0 Å². The van der Waals surface area contributed by atoms with Crippen molar-refractivity contribution in [1.29, 1.82) is 5.26 Å². The lowest BCUT2D eigenvalue weighted by atomic mass is 9.89. The Morgan fingerprint density at radius 2 is 1.92 bits per heavy atom.